The summed E-state index contributed by atoms with van der Waals surface area (Å²) in [4.78, 5) is 14.2. The van der Waals surface area contributed by atoms with Gasteiger partial charge in [-0.3, -0.25) is 4.79 Å². The van der Waals surface area contributed by atoms with Crippen LogP contribution in [-0.2, 0) is 0 Å². The Bertz CT molecular complexity index is 421. The number of rotatable bonds is 7. The quantitative estimate of drug-likeness (QED) is 0.756. The number of carbonyl (C=O) groups is 1. The van der Waals surface area contributed by atoms with Gasteiger partial charge in [-0.05, 0) is 52.2 Å². The van der Waals surface area contributed by atoms with Gasteiger partial charge >= 0.3 is 0 Å². The van der Waals surface area contributed by atoms with Gasteiger partial charge in [-0.2, -0.15) is 0 Å². The third-order valence-corrected chi connectivity index (χ3v) is 2.90. The lowest BCUT2D eigenvalue weighted by molar-refractivity contribution is 0.0953. The first-order chi connectivity index (χ1) is 9.04. The van der Waals surface area contributed by atoms with E-state index in [-0.39, 0.29) is 5.91 Å². The van der Waals surface area contributed by atoms with Crippen LogP contribution < -0.4 is 10.6 Å². The zero-order valence-corrected chi connectivity index (χ0v) is 12.5. The average Bonchev–Trinajstić information content (AvgIpc) is 2.36. The van der Waals surface area contributed by atoms with Crippen LogP contribution in [0.1, 0.15) is 23.7 Å². The Labute approximate surface area is 120 Å². The largest absolute Gasteiger partial charge is 0.385 e. The highest BCUT2D eigenvalue weighted by Gasteiger charge is 2.11. The van der Waals surface area contributed by atoms with Crippen LogP contribution in [0.5, 0.6) is 0 Å². The summed E-state index contributed by atoms with van der Waals surface area (Å²) in [5, 5.41) is 6.65. The second-order valence-corrected chi connectivity index (χ2v) is 5.07. The van der Waals surface area contributed by atoms with Gasteiger partial charge in [0, 0.05) is 23.8 Å². The van der Waals surface area contributed by atoms with Crippen LogP contribution in [0.4, 0.5) is 5.69 Å². The van der Waals surface area contributed by atoms with Crippen molar-refractivity contribution in [2.45, 2.75) is 13.3 Å². The predicted molar refractivity (Wildman–Crippen MR) is 81.1 cm³/mol. The van der Waals surface area contributed by atoms with E-state index in [1.165, 1.54) is 0 Å². The maximum absolute atomic E-state index is 12.1. The Morgan fingerprint density at radius 1 is 1.37 bits per heavy atom. The van der Waals surface area contributed by atoms with Crippen LogP contribution >= 0.6 is 11.6 Å². The van der Waals surface area contributed by atoms with Gasteiger partial charge in [0.25, 0.3) is 5.91 Å². The molecule has 1 aromatic carbocycles. The standard InChI is InChI=1S/C14H22ClN3O/c1-4-16-13-7-6-11(15)10-12(13)14(19)17-8-5-9-18(2)3/h6-7,10,16H,4-5,8-9H2,1-3H3,(H,17,19). The number of halogens is 1. The second kappa shape index (κ2) is 8.02. The molecule has 0 unspecified atom stereocenters. The van der Waals surface area contributed by atoms with Crippen molar-refractivity contribution in [2.24, 2.45) is 0 Å². The van der Waals surface area contributed by atoms with Crippen LogP contribution in [0.15, 0.2) is 18.2 Å². The minimum absolute atomic E-state index is 0.0859. The van der Waals surface area contributed by atoms with Crippen LogP contribution in [0, 0.1) is 0 Å². The number of hydrogen-bond donors (Lipinski definition) is 2. The second-order valence-electron chi connectivity index (χ2n) is 4.63. The summed E-state index contributed by atoms with van der Waals surface area (Å²) in [6.07, 6.45) is 0.926. The number of nitrogens with one attached hydrogen (secondary N) is 2. The predicted octanol–water partition coefficient (Wildman–Crippen LogP) is 2.45. The van der Waals surface area contributed by atoms with Crippen LogP contribution in [0.2, 0.25) is 5.02 Å². The summed E-state index contributed by atoms with van der Waals surface area (Å²) in [6, 6.07) is 5.31. The fourth-order valence-electron chi connectivity index (χ4n) is 1.74. The first-order valence-corrected chi connectivity index (χ1v) is 6.88. The van der Waals surface area contributed by atoms with Crippen LogP contribution in [0.3, 0.4) is 0 Å². The molecule has 2 N–H and O–H groups in total. The van der Waals surface area contributed by atoms with Crippen molar-refractivity contribution in [3.8, 4) is 0 Å². The molecular formula is C14H22ClN3O. The molecule has 0 aliphatic carbocycles. The average molecular weight is 284 g/mol. The Morgan fingerprint density at radius 3 is 2.74 bits per heavy atom. The number of carbonyl (C=O) groups excluding carboxylic acids is 1. The minimum atomic E-state index is -0.0859. The summed E-state index contributed by atoms with van der Waals surface area (Å²) >= 11 is 5.95. The van der Waals surface area contributed by atoms with Crippen molar-refractivity contribution < 1.29 is 4.79 Å². The molecule has 0 aliphatic heterocycles. The number of anilines is 1. The maximum atomic E-state index is 12.1. The first-order valence-electron chi connectivity index (χ1n) is 6.51. The molecular weight excluding hydrogens is 262 g/mol. The van der Waals surface area contributed by atoms with E-state index < -0.39 is 0 Å². The van der Waals surface area contributed by atoms with Crippen LogP contribution in [-0.4, -0.2) is 44.5 Å². The minimum Gasteiger partial charge on any atom is -0.385 e. The normalized spacial score (nSPS) is 10.6. The SMILES string of the molecule is CCNc1ccc(Cl)cc1C(=O)NCCCN(C)C. The lowest BCUT2D eigenvalue weighted by atomic mass is 10.1. The molecule has 5 heteroatoms. The summed E-state index contributed by atoms with van der Waals surface area (Å²) in [6.45, 7) is 4.38. The maximum Gasteiger partial charge on any atom is 0.253 e. The molecule has 0 saturated carbocycles. The van der Waals surface area contributed by atoms with Crippen molar-refractivity contribution in [2.75, 3.05) is 39.0 Å². The Hall–Kier alpha value is -1.26. The van der Waals surface area contributed by atoms with E-state index in [9.17, 15) is 4.79 Å². The van der Waals surface area contributed by atoms with E-state index in [1.54, 1.807) is 12.1 Å². The highest BCUT2D eigenvalue weighted by Crippen LogP contribution is 2.20. The third-order valence-electron chi connectivity index (χ3n) is 2.66. The Kier molecular flexibility index (Phi) is 6.67. The zero-order chi connectivity index (χ0) is 14.3. The molecule has 0 fully saturated rings. The molecule has 106 valence electrons. The van der Waals surface area contributed by atoms with E-state index in [2.05, 4.69) is 15.5 Å². The van der Waals surface area contributed by atoms with Crippen molar-refractivity contribution in [3.05, 3.63) is 28.8 Å². The topological polar surface area (TPSA) is 44.4 Å². The fourth-order valence-corrected chi connectivity index (χ4v) is 1.91. The first kappa shape index (κ1) is 15.8. The molecule has 1 amide bonds. The lowest BCUT2D eigenvalue weighted by Crippen LogP contribution is -2.27. The van der Waals surface area contributed by atoms with Crippen molar-refractivity contribution >= 4 is 23.2 Å². The highest BCUT2D eigenvalue weighted by molar-refractivity contribution is 6.31. The van der Waals surface area contributed by atoms with Gasteiger partial charge in [-0.15, -0.1) is 0 Å². The third kappa shape index (κ3) is 5.49. The van der Waals surface area contributed by atoms with E-state index in [0.717, 1.165) is 25.2 Å². The molecule has 1 rings (SSSR count). The zero-order valence-electron chi connectivity index (χ0n) is 11.8. The molecule has 1 aromatic rings. The number of nitrogens with zero attached hydrogens (tertiary/aromatic N) is 1. The number of benzene rings is 1. The molecule has 0 spiro atoms. The lowest BCUT2D eigenvalue weighted by Gasteiger charge is -2.13. The van der Waals surface area contributed by atoms with E-state index in [0.29, 0.717) is 17.1 Å². The van der Waals surface area contributed by atoms with Gasteiger partial charge in [0.1, 0.15) is 0 Å². The Morgan fingerprint density at radius 2 is 2.11 bits per heavy atom. The van der Waals surface area contributed by atoms with Crippen molar-refractivity contribution in [1.82, 2.24) is 10.2 Å². The summed E-state index contributed by atoms with van der Waals surface area (Å²) in [5.74, 6) is -0.0859. The summed E-state index contributed by atoms with van der Waals surface area (Å²) < 4.78 is 0. The van der Waals surface area contributed by atoms with E-state index in [4.69, 9.17) is 11.6 Å². The van der Waals surface area contributed by atoms with Gasteiger partial charge in [0.05, 0.1) is 5.56 Å². The fraction of sp³-hybridized carbons (Fsp3) is 0.500. The van der Waals surface area contributed by atoms with Gasteiger partial charge in [0.2, 0.25) is 0 Å². The molecule has 4 nitrogen and oxygen atoms in total. The van der Waals surface area contributed by atoms with Crippen LogP contribution in [0.25, 0.3) is 0 Å². The smallest absolute Gasteiger partial charge is 0.253 e. The molecule has 0 atom stereocenters. The molecule has 0 radical (unpaired) electrons. The Balaban J connectivity index is 2.62. The summed E-state index contributed by atoms with van der Waals surface area (Å²) in [7, 11) is 4.03. The highest BCUT2D eigenvalue weighted by atomic mass is 35.5. The molecule has 0 aliphatic rings. The molecule has 0 saturated heterocycles. The van der Waals surface area contributed by atoms with Gasteiger partial charge in [-0.25, -0.2) is 0 Å². The van der Waals surface area contributed by atoms with E-state index >= 15 is 0 Å². The number of amides is 1. The molecule has 19 heavy (non-hydrogen) atoms. The van der Waals surface area contributed by atoms with Gasteiger partial charge in [-0.1, -0.05) is 11.6 Å². The molecule has 0 bridgehead atoms. The van der Waals surface area contributed by atoms with Gasteiger partial charge < -0.3 is 15.5 Å². The van der Waals surface area contributed by atoms with Crippen molar-refractivity contribution in [1.29, 1.82) is 0 Å². The van der Waals surface area contributed by atoms with Gasteiger partial charge in [0.15, 0.2) is 0 Å². The molecule has 0 aromatic heterocycles. The monoisotopic (exact) mass is 283 g/mol. The van der Waals surface area contributed by atoms with E-state index in [1.807, 2.05) is 27.1 Å². The molecule has 0 heterocycles. The number of hydrogen-bond acceptors (Lipinski definition) is 3. The van der Waals surface area contributed by atoms with Crippen molar-refractivity contribution in [3.63, 3.8) is 0 Å². The summed E-state index contributed by atoms with van der Waals surface area (Å²) in [5.41, 5.74) is 1.41.